The summed E-state index contributed by atoms with van der Waals surface area (Å²) in [7, 11) is 0. The SMILES string of the molecule is O=C1Nc2cc(C(F)(F)F)ccc2S[C@@H]1CC(=O)N1CCCCCC1. The second-order valence-electron chi connectivity index (χ2n) is 6.30. The van der Waals surface area contributed by atoms with Crippen molar-refractivity contribution in [1.82, 2.24) is 4.90 Å². The molecule has 2 amide bonds. The van der Waals surface area contributed by atoms with E-state index in [1.807, 2.05) is 0 Å². The van der Waals surface area contributed by atoms with Crippen molar-refractivity contribution in [3.05, 3.63) is 23.8 Å². The number of fused-ring (bicyclic) bond motifs is 1. The molecule has 2 aliphatic heterocycles. The van der Waals surface area contributed by atoms with Gasteiger partial charge in [-0.15, -0.1) is 11.8 Å². The molecule has 2 aliphatic rings. The van der Waals surface area contributed by atoms with Crippen LogP contribution in [0.5, 0.6) is 0 Å². The summed E-state index contributed by atoms with van der Waals surface area (Å²) in [4.78, 5) is 27.0. The van der Waals surface area contributed by atoms with E-state index in [-0.39, 0.29) is 18.0 Å². The van der Waals surface area contributed by atoms with Crippen LogP contribution in [0.3, 0.4) is 0 Å². The molecule has 1 aromatic carbocycles. The van der Waals surface area contributed by atoms with E-state index in [2.05, 4.69) is 5.32 Å². The molecule has 1 N–H and O–H groups in total. The number of benzene rings is 1. The van der Waals surface area contributed by atoms with E-state index < -0.39 is 22.9 Å². The number of carbonyl (C=O) groups is 2. The van der Waals surface area contributed by atoms with Gasteiger partial charge in [0.15, 0.2) is 0 Å². The van der Waals surface area contributed by atoms with Crippen molar-refractivity contribution in [3.8, 4) is 0 Å². The lowest BCUT2D eigenvalue weighted by Gasteiger charge is -2.27. The van der Waals surface area contributed by atoms with Crippen molar-refractivity contribution in [2.45, 2.75) is 48.4 Å². The van der Waals surface area contributed by atoms with Crippen molar-refractivity contribution in [3.63, 3.8) is 0 Å². The highest BCUT2D eigenvalue weighted by Gasteiger charge is 2.34. The molecule has 1 fully saturated rings. The first kappa shape index (κ1) is 18.1. The zero-order valence-corrected chi connectivity index (χ0v) is 14.4. The monoisotopic (exact) mass is 372 g/mol. The van der Waals surface area contributed by atoms with E-state index in [0.29, 0.717) is 18.0 Å². The number of thioether (sulfide) groups is 1. The van der Waals surface area contributed by atoms with Crippen molar-refractivity contribution in [2.24, 2.45) is 0 Å². The smallest absolute Gasteiger partial charge is 0.343 e. The van der Waals surface area contributed by atoms with Gasteiger partial charge in [-0.25, -0.2) is 0 Å². The molecule has 1 aromatic rings. The van der Waals surface area contributed by atoms with E-state index in [9.17, 15) is 22.8 Å². The summed E-state index contributed by atoms with van der Waals surface area (Å²) in [5, 5.41) is 1.90. The third kappa shape index (κ3) is 4.29. The number of nitrogens with zero attached hydrogens (tertiary/aromatic N) is 1. The maximum Gasteiger partial charge on any atom is 0.416 e. The molecule has 2 heterocycles. The Balaban J connectivity index is 1.69. The largest absolute Gasteiger partial charge is 0.416 e. The Labute approximate surface area is 148 Å². The summed E-state index contributed by atoms with van der Waals surface area (Å²) in [6, 6.07) is 3.29. The van der Waals surface area contributed by atoms with Crippen LogP contribution in [0.2, 0.25) is 0 Å². The van der Waals surface area contributed by atoms with Gasteiger partial charge in [0, 0.05) is 24.4 Å². The van der Waals surface area contributed by atoms with Gasteiger partial charge in [-0.3, -0.25) is 9.59 Å². The number of nitrogens with one attached hydrogen (secondary N) is 1. The molecular formula is C17H19F3N2O2S. The Morgan fingerprint density at radius 1 is 1.20 bits per heavy atom. The van der Waals surface area contributed by atoms with Crippen LogP contribution in [0, 0.1) is 0 Å². The molecule has 8 heteroatoms. The molecule has 1 saturated heterocycles. The van der Waals surface area contributed by atoms with Gasteiger partial charge in [0.2, 0.25) is 11.8 Å². The Kier molecular flexibility index (Phi) is 5.27. The summed E-state index contributed by atoms with van der Waals surface area (Å²) in [5.41, 5.74) is -0.644. The number of alkyl halides is 3. The molecule has 0 bridgehead atoms. The quantitative estimate of drug-likeness (QED) is 0.856. The van der Waals surface area contributed by atoms with Crippen LogP contribution in [0.25, 0.3) is 0 Å². The van der Waals surface area contributed by atoms with E-state index >= 15 is 0 Å². The maximum atomic E-state index is 12.8. The molecule has 0 aromatic heterocycles. The normalized spacial score (nSPS) is 21.3. The Bertz CT molecular complexity index is 670. The van der Waals surface area contributed by atoms with Crippen molar-refractivity contribution >= 4 is 29.3 Å². The highest BCUT2D eigenvalue weighted by molar-refractivity contribution is 8.01. The van der Waals surface area contributed by atoms with Crippen LogP contribution in [-0.4, -0.2) is 35.1 Å². The van der Waals surface area contributed by atoms with Crippen LogP contribution in [0.15, 0.2) is 23.1 Å². The number of rotatable bonds is 2. The molecule has 0 radical (unpaired) electrons. The number of halogens is 3. The molecule has 136 valence electrons. The number of hydrogen-bond donors (Lipinski definition) is 1. The molecule has 4 nitrogen and oxygen atoms in total. The van der Waals surface area contributed by atoms with Gasteiger partial charge in [0.25, 0.3) is 0 Å². The maximum absolute atomic E-state index is 12.8. The van der Waals surface area contributed by atoms with E-state index in [0.717, 1.165) is 49.6 Å². The van der Waals surface area contributed by atoms with Crippen LogP contribution in [0.1, 0.15) is 37.7 Å². The molecule has 25 heavy (non-hydrogen) atoms. The second-order valence-corrected chi connectivity index (χ2v) is 7.55. The lowest BCUT2D eigenvalue weighted by Crippen LogP contribution is -2.38. The lowest BCUT2D eigenvalue weighted by molar-refractivity contribution is -0.137. The highest BCUT2D eigenvalue weighted by Crippen LogP contribution is 2.40. The number of amides is 2. The second kappa shape index (κ2) is 7.27. The van der Waals surface area contributed by atoms with Crippen molar-refractivity contribution < 1.29 is 22.8 Å². The van der Waals surface area contributed by atoms with Crippen molar-refractivity contribution in [2.75, 3.05) is 18.4 Å². The Morgan fingerprint density at radius 3 is 2.52 bits per heavy atom. The van der Waals surface area contributed by atoms with Gasteiger partial charge in [-0.2, -0.15) is 13.2 Å². The van der Waals surface area contributed by atoms with Gasteiger partial charge in [-0.05, 0) is 31.0 Å². The molecular weight excluding hydrogens is 353 g/mol. The van der Waals surface area contributed by atoms with Gasteiger partial charge in [0.05, 0.1) is 16.5 Å². The minimum Gasteiger partial charge on any atom is -0.343 e. The topological polar surface area (TPSA) is 49.4 Å². The summed E-state index contributed by atoms with van der Waals surface area (Å²) in [6.07, 6.45) is -0.229. The lowest BCUT2D eigenvalue weighted by atomic mass is 10.1. The molecule has 0 aliphatic carbocycles. The standard InChI is InChI=1S/C17H19F3N2O2S/c18-17(19,20)11-5-6-13-12(9-11)21-16(24)14(25-13)10-15(23)22-7-3-1-2-4-8-22/h5-6,9,14H,1-4,7-8,10H2,(H,21,24)/t14-/m1/s1. The summed E-state index contributed by atoms with van der Waals surface area (Å²) in [5.74, 6) is -0.482. The van der Waals surface area contributed by atoms with Gasteiger partial charge < -0.3 is 10.2 Å². The third-order valence-corrected chi connectivity index (χ3v) is 5.72. The van der Waals surface area contributed by atoms with E-state index in [1.54, 1.807) is 4.90 Å². The van der Waals surface area contributed by atoms with Crippen molar-refractivity contribution in [1.29, 1.82) is 0 Å². The highest BCUT2D eigenvalue weighted by atomic mass is 32.2. The fourth-order valence-electron chi connectivity index (χ4n) is 3.07. The van der Waals surface area contributed by atoms with Crippen LogP contribution < -0.4 is 5.32 Å². The molecule has 0 unspecified atom stereocenters. The third-order valence-electron chi connectivity index (χ3n) is 4.45. The summed E-state index contributed by atoms with van der Waals surface area (Å²) >= 11 is 1.16. The minimum absolute atomic E-state index is 0.0649. The van der Waals surface area contributed by atoms with Gasteiger partial charge in [-0.1, -0.05) is 12.8 Å². The summed E-state index contributed by atoms with van der Waals surface area (Å²) < 4.78 is 38.3. The van der Waals surface area contributed by atoms with Crippen LogP contribution >= 0.6 is 11.8 Å². The molecule has 0 spiro atoms. The predicted octanol–water partition coefficient (Wildman–Crippen LogP) is 3.91. The molecule has 3 rings (SSSR count). The van der Waals surface area contributed by atoms with E-state index in [4.69, 9.17) is 0 Å². The van der Waals surface area contributed by atoms with Crippen LogP contribution in [-0.2, 0) is 15.8 Å². The zero-order valence-electron chi connectivity index (χ0n) is 13.6. The average Bonchev–Trinajstić information content (AvgIpc) is 2.83. The Morgan fingerprint density at radius 2 is 1.88 bits per heavy atom. The average molecular weight is 372 g/mol. The number of carbonyl (C=O) groups excluding carboxylic acids is 2. The fourth-order valence-corrected chi connectivity index (χ4v) is 4.15. The summed E-state index contributed by atoms with van der Waals surface area (Å²) in [6.45, 7) is 1.42. The number of likely N-dealkylation sites (tertiary alicyclic amines) is 1. The van der Waals surface area contributed by atoms with Gasteiger partial charge in [0.1, 0.15) is 0 Å². The predicted molar refractivity (Wildman–Crippen MR) is 89.4 cm³/mol. The number of anilines is 1. The minimum atomic E-state index is -4.45. The van der Waals surface area contributed by atoms with E-state index in [1.165, 1.54) is 6.07 Å². The zero-order chi connectivity index (χ0) is 18.0. The first-order chi connectivity index (χ1) is 11.8. The number of hydrogen-bond acceptors (Lipinski definition) is 3. The Hall–Kier alpha value is -1.70. The molecule has 1 atom stereocenters. The first-order valence-electron chi connectivity index (χ1n) is 8.31. The van der Waals surface area contributed by atoms with Gasteiger partial charge >= 0.3 is 6.18 Å². The molecule has 0 saturated carbocycles. The first-order valence-corrected chi connectivity index (χ1v) is 9.19. The fraction of sp³-hybridized carbons (Fsp3) is 0.529. The van der Waals surface area contributed by atoms with Crippen LogP contribution in [0.4, 0.5) is 18.9 Å².